The molecule has 140 valence electrons. The van der Waals surface area contributed by atoms with E-state index in [2.05, 4.69) is 32.8 Å². The normalized spacial score (nSPS) is 13.7. The Balaban J connectivity index is 2.20. The smallest absolute Gasteiger partial charge is 0.228 e. The highest BCUT2D eigenvalue weighted by Gasteiger charge is 2.14. The van der Waals surface area contributed by atoms with Gasteiger partial charge in [-0.15, -0.1) is 0 Å². The van der Waals surface area contributed by atoms with Gasteiger partial charge in [-0.3, -0.25) is 0 Å². The van der Waals surface area contributed by atoms with E-state index in [0.717, 1.165) is 28.0 Å². The maximum absolute atomic E-state index is 13.5. The summed E-state index contributed by atoms with van der Waals surface area (Å²) in [6, 6.07) is 9.27. The van der Waals surface area contributed by atoms with Gasteiger partial charge >= 0.3 is 0 Å². The van der Waals surface area contributed by atoms with Crippen molar-refractivity contribution in [3.05, 3.63) is 51.6 Å². The molecule has 6 heteroatoms. The summed E-state index contributed by atoms with van der Waals surface area (Å²) in [5.74, 6) is 0.497. The van der Waals surface area contributed by atoms with Crippen LogP contribution in [0.5, 0.6) is 5.88 Å². The van der Waals surface area contributed by atoms with Crippen molar-refractivity contribution >= 4 is 28.0 Å². The van der Waals surface area contributed by atoms with Crippen LogP contribution in [-0.2, 0) is 0 Å². The molecule has 0 saturated heterocycles. The Bertz CT molecular complexity index is 780. The molecule has 4 nitrogen and oxygen atoms in total. The Kier molecular flexibility index (Phi) is 7.14. The van der Waals surface area contributed by atoms with Gasteiger partial charge in [-0.1, -0.05) is 18.2 Å². The number of aryl methyl sites for hydroxylation is 1. The number of hydrogen-bond donors (Lipinski definition) is 0. The molecule has 0 aliphatic carbocycles. The van der Waals surface area contributed by atoms with Gasteiger partial charge in [-0.05, 0) is 66.9 Å². The zero-order chi connectivity index (χ0) is 19.3. The molecule has 0 bridgehead atoms. The molecule has 0 spiro atoms. The van der Waals surface area contributed by atoms with E-state index in [1.165, 1.54) is 6.92 Å². The molecule has 1 aromatic carbocycles. The number of hydrogen-bond acceptors (Lipinski definition) is 3. The highest BCUT2D eigenvalue weighted by Crippen LogP contribution is 2.33. The minimum atomic E-state index is -1.01. The van der Waals surface area contributed by atoms with Crippen LogP contribution in [-0.4, -0.2) is 29.8 Å². The Morgan fingerprint density at radius 1 is 1.31 bits per heavy atom. The molecule has 0 fully saturated rings. The standard InChI is InChI=1S/C20H25BrFN3O/c1-6-25(5)12-23-19-11-18(21)20(24-14(19)3)26-15(4)17-9-7-8-16(10-17)13(2)22/h7-13,15H,6H2,1-5H3. The van der Waals surface area contributed by atoms with Gasteiger partial charge in [-0.2, -0.15) is 0 Å². The number of pyridine rings is 1. The van der Waals surface area contributed by atoms with Gasteiger partial charge in [0, 0.05) is 13.6 Å². The molecule has 2 atom stereocenters. The van der Waals surface area contributed by atoms with Crippen molar-refractivity contribution in [1.82, 2.24) is 9.88 Å². The second-order valence-electron chi connectivity index (χ2n) is 6.24. The van der Waals surface area contributed by atoms with Crippen LogP contribution >= 0.6 is 15.9 Å². The summed E-state index contributed by atoms with van der Waals surface area (Å²) in [5.41, 5.74) is 3.11. The number of benzene rings is 1. The fourth-order valence-electron chi connectivity index (χ4n) is 2.30. The predicted molar refractivity (Wildman–Crippen MR) is 108 cm³/mol. The molecule has 2 rings (SSSR count). The minimum Gasteiger partial charge on any atom is -0.469 e. The van der Waals surface area contributed by atoms with Gasteiger partial charge in [0.15, 0.2) is 0 Å². The lowest BCUT2D eigenvalue weighted by Gasteiger charge is -2.17. The topological polar surface area (TPSA) is 37.7 Å². The zero-order valence-electron chi connectivity index (χ0n) is 15.8. The maximum Gasteiger partial charge on any atom is 0.228 e. The van der Waals surface area contributed by atoms with Crippen LogP contribution in [0.2, 0.25) is 0 Å². The second-order valence-corrected chi connectivity index (χ2v) is 7.10. The SMILES string of the molecule is CCN(C)C=Nc1cc(Br)c(OC(C)c2cccc(C(C)F)c2)nc1C. The van der Waals surface area contributed by atoms with Gasteiger partial charge in [0.05, 0.1) is 22.2 Å². The average Bonchev–Trinajstić information content (AvgIpc) is 2.62. The molecule has 2 aromatic rings. The molecule has 0 radical (unpaired) electrons. The van der Waals surface area contributed by atoms with Crippen LogP contribution in [0.4, 0.5) is 10.1 Å². The predicted octanol–water partition coefficient (Wildman–Crippen LogP) is 5.93. The highest BCUT2D eigenvalue weighted by molar-refractivity contribution is 9.10. The summed E-state index contributed by atoms with van der Waals surface area (Å²) in [7, 11) is 1.97. The van der Waals surface area contributed by atoms with E-state index in [-0.39, 0.29) is 6.10 Å². The zero-order valence-corrected chi connectivity index (χ0v) is 17.4. The summed E-state index contributed by atoms with van der Waals surface area (Å²) in [5, 5.41) is 0. The molecule has 0 amide bonds. The van der Waals surface area contributed by atoms with Crippen molar-refractivity contribution < 1.29 is 9.13 Å². The lowest BCUT2D eigenvalue weighted by Crippen LogP contribution is -2.14. The number of aromatic nitrogens is 1. The first-order valence-corrected chi connectivity index (χ1v) is 9.43. The number of halogens is 2. The molecular formula is C20H25BrFN3O. The van der Waals surface area contributed by atoms with Gasteiger partial charge in [0.2, 0.25) is 5.88 Å². The number of aliphatic imine (C=N–C) groups is 1. The third kappa shape index (κ3) is 5.27. The molecule has 2 unspecified atom stereocenters. The molecule has 1 aromatic heterocycles. The lowest BCUT2D eigenvalue weighted by molar-refractivity contribution is 0.215. The first kappa shape index (κ1) is 20.4. The van der Waals surface area contributed by atoms with Gasteiger partial charge in [-0.25, -0.2) is 14.4 Å². The van der Waals surface area contributed by atoms with E-state index in [4.69, 9.17) is 4.74 Å². The Labute approximate surface area is 163 Å². The number of alkyl halides is 1. The lowest BCUT2D eigenvalue weighted by atomic mass is 10.0. The van der Waals surface area contributed by atoms with Crippen molar-refractivity contribution in [2.24, 2.45) is 4.99 Å². The summed E-state index contributed by atoms with van der Waals surface area (Å²) in [6.45, 7) is 8.29. The molecule has 0 saturated carbocycles. The van der Waals surface area contributed by atoms with Crippen molar-refractivity contribution in [2.45, 2.75) is 40.0 Å². The van der Waals surface area contributed by atoms with Crippen molar-refractivity contribution in [3.63, 3.8) is 0 Å². The number of rotatable bonds is 7. The van der Waals surface area contributed by atoms with Gasteiger partial charge in [0.25, 0.3) is 0 Å². The summed E-state index contributed by atoms with van der Waals surface area (Å²) in [6.07, 6.45) is 0.522. The van der Waals surface area contributed by atoms with Crippen LogP contribution < -0.4 is 4.74 Å². The third-order valence-electron chi connectivity index (χ3n) is 4.13. The quantitative estimate of drug-likeness (QED) is 0.410. The largest absolute Gasteiger partial charge is 0.469 e. The monoisotopic (exact) mass is 421 g/mol. The van der Waals surface area contributed by atoms with E-state index < -0.39 is 6.17 Å². The van der Waals surface area contributed by atoms with Crippen LogP contribution in [0.15, 0.2) is 39.8 Å². The van der Waals surface area contributed by atoms with Gasteiger partial charge in [0.1, 0.15) is 12.3 Å². The van der Waals surface area contributed by atoms with Crippen LogP contribution in [0.3, 0.4) is 0 Å². The fourth-order valence-corrected chi connectivity index (χ4v) is 2.70. The Morgan fingerprint density at radius 2 is 2.00 bits per heavy atom. The summed E-state index contributed by atoms with van der Waals surface area (Å²) < 4.78 is 20.3. The third-order valence-corrected chi connectivity index (χ3v) is 4.70. The summed E-state index contributed by atoms with van der Waals surface area (Å²) >= 11 is 3.51. The molecule has 0 aliphatic heterocycles. The molecular weight excluding hydrogens is 397 g/mol. The maximum atomic E-state index is 13.5. The van der Waals surface area contributed by atoms with E-state index >= 15 is 0 Å². The van der Waals surface area contributed by atoms with E-state index in [1.807, 2.05) is 50.1 Å². The number of nitrogens with zero attached hydrogens (tertiary/aromatic N) is 3. The molecule has 0 aliphatic rings. The molecule has 26 heavy (non-hydrogen) atoms. The van der Waals surface area contributed by atoms with E-state index in [1.54, 1.807) is 12.4 Å². The van der Waals surface area contributed by atoms with Crippen molar-refractivity contribution in [2.75, 3.05) is 13.6 Å². The highest BCUT2D eigenvalue weighted by atomic mass is 79.9. The molecule has 1 heterocycles. The van der Waals surface area contributed by atoms with Crippen LogP contribution in [0.1, 0.15) is 49.9 Å². The summed E-state index contributed by atoms with van der Waals surface area (Å²) in [4.78, 5) is 11.0. The van der Waals surface area contributed by atoms with Crippen LogP contribution in [0.25, 0.3) is 0 Å². The second kappa shape index (κ2) is 9.12. The Morgan fingerprint density at radius 3 is 2.65 bits per heavy atom. The first-order valence-electron chi connectivity index (χ1n) is 8.64. The van der Waals surface area contributed by atoms with Gasteiger partial charge < -0.3 is 9.64 Å². The average molecular weight is 422 g/mol. The first-order chi connectivity index (χ1) is 12.3. The number of ether oxygens (including phenoxy) is 1. The van der Waals surface area contributed by atoms with Crippen molar-refractivity contribution in [1.29, 1.82) is 0 Å². The van der Waals surface area contributed by atoms with E-state index in [9.17, 15) is 4.39 Å². The minimum absolute atomic E-state index is 0.252. The fraction of sp³-hybridized carbons (Fsp3) is 0.400. The Hall–Kier alpha value is -1.95. The molecule has 0 N–H and O–H groups in total. The van der Waals surface area contributed by atoms with Crippen molar-refractivity contribution in [3.8, 4) is 5.88 Å². The van der Waals surface area contributed by atoms with E-state index in [0.29, 0.717) is 11.4 Å². The van der Waals surface area contributed by atoms with Crippen LogP contribution in [0, 0.1) is 6.92 Å².